The van der Waals surface area contributed by atoms with E-state index in [1.165, 1.54) is 16.2 Å². The number of hydrogen-bond acceptors (Lipinski definition) is 6. The summed E-state index contributed by atoms with van der Waals surface area (Å²) in [7, 11) is 1.48. The lowest BCUT2D eigenvalue weighted by Crippen LogP contribution is -2.30. The van der Waals surface area contributed by atoms with Crippen LogP contribution in [0.1, 0.15) is 5.56 Å². The highest BCUT2D eigenvalue weighted by atomic mass is 16.5. The lowest BCUT2D eigenvalue weighted by molar-refractivity contribution is 0.0938. The summed E-state index contributed by atoms with van der Waals surface area (Å²) in [5.41, 5.74) is 6.01. The molecule has 2 heterocycles. The normalized spacial score (nSPS) is 12.4. The van der Waals surface area contributed by atoms with E-state index in [1.807, 2.05) is 25.1 Å². The molecule has 2 aromatic heterocycles. The van der Waals surface area contributed by atoms with Crippen molar-refractivity contribution in [3.63, 3.8) is 0 Å². The number of nitrogens with two attached hydrogens (primary N) is 1. The van der Waals surface area contributed by atoms with Crippen LogP contribution in [0.15, 0.2) is 33.9 Å². The molecule has 0 aliphatic rings. The highest BCUT2D eigenvalue weighted by molar-refractivity contribution is 5.73. The molecule has 0 spiro atoms. The number of anilines is 1. The molecule has 0 saturated carbocycles. The highest BCUT2D eigenvalue weighted by Gasteiger charge is 2.18. The molecule has 0 fully saturated rings. The number of aliphatic hydroxyl groups excluding tert-OH is 1. The van der Waals surface area contributed by atoms with Crippen molar-refractivity contribution < 1.29 is 9.84 Å². The predicted octanol–water partition coefficient (Wildman–Crippen LogP) is -0.246. The molecule has 0 aliphatic heterocycles. The molecule has 9 nitrogen and oxygen atoms in total. The molecule has 4 N–H and O–H groups in total. The van der Waals surface area contributed by atoms with Gasteiger partial charge in [0.15, 0.2) is 11.2 Å². The number of rotatable bonds is 5. The molecular weight excluding hydrogens is 326 g/mol. The minimum Gasteiger partial charge on any atom is -0.491 e. The largest absolute Gasteiger partial charge is 0.491 e. The minimum atomic E-state index is -0.920. The predicted molar refractivity (Wildman–Crippen MR) is 92.7 cm³/mol. The number of aromatic amines is 1. The van der Waals surface area contributed by atoms with Crippen molar-refractivity contribution in [3.8, 4) is 5.75 Å². The second-order valence-electron chi connectivity index (χ2n) is 5.85. The molecular formula is C16H19N5O4. The van der Waals surface area contributed by atoms with Crippen LogP contribution >= 0.6 is 0 Å². The van der Waals surface area contributed by atoms with Crippen molar-refractivity contribution in [1.82, 2.24) is 19.1 Å². The Labute approximate surface area is 142 Å². The fourth-order valence-corrected chi connectivity index (χ4v) is 2.60. The molecule has 9 heteroatoms. The van der Waals surface area contributed by atoms with Gasteiger partial charge in [0.1, 0.15) is 18.5 Å². The van der Waals surface area contributed by atoms with Gasteiger partial charge in [-0.05, 0) is 24.6 Å². The van der Waals surface area contributed by atoms with Crippen LogP contribution in [0.25, 0.3) is 11.2 Å². The lowest BCUT2D eigenvalue weighted by Gasteiger charge is -2.14. The number of benzene rings is 1. The Kier molecular flexibility index (Phi) is 4.32. The van der Waals surface area contributed by atoms with E-state index in [1.54, 1.807) is 6.07 Å². The Morgan fingerprint density at radius 1 is 1.40 bits per heavy atom. The number of hydrogen-bond donors (Lipinski definition) is 3. The number of aromatic nitrogens is 4. The average Bonchev–Trinajstić information content (AvgIpc) is 2.88. The number of fused-ring (bicyclic) bond motifs is 1. The molecule has 3 aromatic rings. The fraction of sp³-hybridized carbons (Fsp3) is 0.312. The maximum Gasteiger partial charge on any atom is 0.329 e. The van der Waals surface area contributed by atoms with E-state index in [9.17, 15) is 14.7 Å². The zero-order valence-electron chi connectivity index (χ0n) is 13.9. The van der Waals surface area contributed by atoms with Crippen molar-refractivity contribution in [1.29, 1.82) is 0 Å². The first-order chi connectivity index (χ1) is 11.9. The molecule has 0 saturated heterocycles. The fourth-order valence-electron chi connectivity index (χ4n) is 2.60. The quantitative estimate of drug-likeness (QED) is 0.585. The van der Waals surface area contributed by atoms with Gasteiger partial charge >= 0.3 is 5.69 Å². The number of imidazole rings is 1. The Balaban J connectivity index is 1.83. The number of nitrogens with zero attached hydrogens (tertiary/aromatic N) is 3. The average molecular weight is 345 g/mol. The van der Waals surface area contributed by atoms with Gasteiger partial charge < -0.3 is 20.1 Å². The number of aryl methyl sites for hydroxylation is 2. The topological polar surface area (TPSA) is 128 Å². The number of nitrogen functional groups attached to an aromatic ring is 1. The molecule has 3 rings (SSSR count). The van der Waals surface area contributed by atoms with Crippen LogP contribution in [-0.2, 0) is 13.6 Å². The molecule has 0 unspecified atom stereocenters. The summed E-state index contributed by atoms with van der Waals surface area (Å²) < 4.78 is 8.12. The van der Waals surface area contributed by atoms with Crippen molar-refractivity contribution in [2.75, 3.05) is 12.3 Å². The number of nitrogens with one attached hydrogen (secondary N) is 1. The van der Waals surface area contributed by atoms with Crippen molar-refractivity contribution in [2.24, 2.45) is 7.05 Å². The van der Waals surface area contributed by atoms with Gasteiger partial charge in [-0.15, -0.1) is 0 Å². The first kappa shape index (κ1) is 16.8. The van der Waals surface area contributed by atoms with Gasteiger partial charge in [-0.2, -0.15) is 4.98 Å². The van der Waals surface area contributed by atoms with Crippen LogP contribution in [-0.4, -0.2) is 36.9 Å². The third-order valence-electron chi connectivity index (χ3n) is 3.86. The third-order valence-corrected chi connectivity index (χ3v) is 3.86. The van der Waals surface area contributed by atoms with Crippen LogP contribution < -0.4 is 21.7 Å². The van der Waals surface area contributed by atoms with Crippen LogP contribution in [0.3, 0.4) is 0 Å². The van der Waals surface area contributed by atoms with E-state index >= 15 is 0 Å². The van der Waals surface area contributed by atoms with E-state index in [4.69, 9.17) is 10.5 Å². The van der Waals surface area contributed by atoms with Crippen LogP contribution in [0, 0.1) is 6.92 Å². The van der Waals surface area contributed by atoms with Gasteiger partial charge in [0, 0.05) is 7.05 Å². The zero-order chi connectivity index (χ0) is 18.1. The summed E-state index contributed by atoms with van der Waals surface area (Å²) in [6, 6.07) is 7.45. The van der Waals surface area contributed by atoms with Crippen LogP contribution in [0.5, 0.6) is 5.75 Å². The SMILES string of the molecule is Cc1cccc(OC[C@H](O)Cn2c(N)nc3c2c(=O)[nH]c(=O)n3C)c1. The molecule has 0 aliphatic carbocycles. The first-order valence-electron chi connectivity index (χ1n) is 7.69. The number of H-pyrrole nitrogens is 1. The van der Waals surface area contributed by atoms with Gasteiger partial charge in [0.25, 0.3) is 5.56 Å². The van der Waals surface area contributed by atoms with Gasteiger partial charge in [-0.3, -0.25) is 14.3 Å². The van der Waals surface area contributed by atoms with E-state index in [2.05, 4.69) is 9.97 Å². The summed E-state index contributed by atoms with van der Waals surface area (Å²) >= 11 is 0. The lowest BCUT2D eigenvalue weighted by atomic mass is 10.2. The molecule has 0 amide bonds. The zero-order valence-corrected chi connectivity index (χ0v) is 13.9. The molecule has 25 heavy (non-hydrogen) atoms. The summed E-state index contributed by atoms with van der Waals surface area (Å²) in [5.74, 6) is 0.680. The maximum absolute atomic E-state index is 12.1. The summed E-state index contributed by atoms with van der Waals surface area (Å²) in [6.45, 7) is 1.97. The summed E-state index contributed by atoms with van der Waals surface area (Å²) in [6.07, 6.45) is -0.920. The number of ether oxygens (including phenoxy) is 1. The van der Waals surface area contributed by atoms with E-state index in [-0.39, 0.29) is 30.3 Å². The molecule has 1 aromatic carbocycles. The standard InChI is InChI=1S/C16H19N5O4/c1-9-4-3-5-11(6-9)25-8-10(22)7-21-12-13(18-15(21)17)20(2)16(24)19-14(12)23/h3-6,10,22H,7-8H2,1-2H3,(H2,17,18)(H,19,23,24)/t10-/m1/s1. The molecule has 0 radical (unpaired) electrons. The maximum atomic E-state index is 12.1. The van der Waals surface area contributed by atoms with Gasteiger partial charge in [0.2, 0.25) is 5.95 Å². The third kappa shape index (κ3) is 3.26. The molecule has 132 valence electrons. The van der Waals surface area contributed by atoms with E-state index in [0.717, 1.165) is 5.56 Å². The second-order valence-corrected chi connectivity index (χ2v) is 5.85. The second kappa shape index (κ2) is 6.44. The highest BCUT2D eigenvalue weighted by Crippen LogP contribution is 2.15. The Morgan fingerprint density at radius 3 is 2.88 bits per heavy atom. The number of aliphatic hydroxyl groups is 1. The summed E-state index contributed by atoms with van der Waals surface area (Å²) in [5, 5.41) is 10.2. The van der Waals surface area contributed by atoms with Crippen LogP contribution in [0.2, 0.25) is 0 Å². The van der Waals surface area contributed by atoms with Crippen LogP contribution in [0.4, 0.5) is 5.95 Å². The first-order valence-corrected chi connectivity index (χ1v) is 7.69. The van der Waals surface area contributed by atoms with Crippen molar-refractivity contribution >= 4 is 17.1 Å². The van der Waals surface area contributed by atoms with Crippen molar-refractivity contribution in [3.05, 3.63) is 50.7 Å². The van der Waals surface area contributed by atoms with Crippen molar-refractivity contribution in [2.45, 2.75) is 19.6 Å². The smallest absolute Gasteiger partial charge is 0.329 e. The Hall–Kier alpha value is -3.07. The summed E-state index contributed by atoms with van der Waals surface area (Å²) in [4.78, 5) is 30.0. The molecule has 0 bridgehead atoms. The minimum absolute atomic E-state index is 0.00936. The molecule has 1 atom stereocenters. The van der Waals surface area contributed by atoms with Gasteiger partial charge in [-0.25, -0.2) is 4.79 Å². The Bertz CT molecular complexity index is 1030. The van der Waals surface area contributed by atoms with E-state index in [0.29, 0.717) is 5.75 Å². The Morgan fingerprint density at radius 2 is 2.16 bits per heavy atom. The van der Waals surface area contributed by atoms with E-state index < -0.39 is 17.4 Å². The van der Waals surface area contributed by atoms with Gasteiger partial charge in [-0.1, -0.05) is 12.1 Å². The van der Waals surface area contributed by atoms with Gasteiger partial charge in [0.05, 0.1) is 6.54 Å². The monoisotopic (exact) mass is 345 g/mol.